The normalized spacial score (nSPS) is 11.0. The van der Waals surface area contributed by atoms with Crippen LogP contribution in [-0.4, -0.2) is 28.3 Å². The number of ketones is 1. The summed E-state index contributed by atoms with van der Waals surface area (Å²) >= 11 is 0. The number of aromatic nitrogens is 1. The van der Waals surface area contributed by atoms with Crippen molar-refractivity contribution in [1.82, 2.24) is 4.98 Å². The van der Waals surface area contributed by atoms with Gasteiger partial charge in [-0.25, -0.2) is 4.79 Å². The lowest BCUT2D eigenvalue weighted by atomic mass is 10.1. The first-order chi connectivity index (χ1) is 12.0. The summed E-state index contributed by atoms with van der Waals surface area (Å²) in [5.74, 6) is -1.34. The Morgan fingerprint density at radius 3 is 2.56 bits per heavy atom. The standard InChI is InChI=1S/C18H16N2O5/c1-13(21)16(12-14-6-2-3-8-17(14)20(23)24)18(22)25-11-9-15-7-4-5-10-19-15/h2-8,10,12H,9,11H2,1H3. The molecule has 0 radical (unpaired) electrons. The third-order valence-corrected chi connectivity index (χ3v) is 3.35. The van der Waals surface area contributed by atoms with Crippen molar-refractivity contribution >= 4 is 23.5 Å². The topological polar surface area (TPSA) is 99.4 Å². The zero-order valence-corrected chi connectivity index (χ0v) is 13.5. The number of pyridine rings is 1. The first kappa shape index (κ1) is 18.0. The molecule has 2 rings (SSSR count). The molecule has 1 aromatic heterocycles. The lowest BCUT2D eigenvalue weighted by Gasteiger charge is -2.06. The minimum Gasteiger partial charge on any atom is -0.462 e. The van der Waals surface area contributed by atoms with Crippen LogP contribution in [0.1, 0.15) is 18.2 Å². The van der Waals surface area contributed by atoms with E-state index in [1.165, 1.54) is 31.2 Å². The molecule has 0 fully saturated rings. The van der Waals surface area contributed by atoms with Crippen molar-refractivity contribution < 1.29 is 19.2 Å². The Hall–Kier alpha value is -3.35. The molecule has 0 N–H and O–H groups in total. The molecule has 0 amide bonds. The Labute approximate surface area is 144 Å². The minimum absolute atomic E-state index is 0.0529. The second-order valence-corrected chi connectivity index (χ2v) is 5.14. The number of para-hydroxylation sites is 1. The first-order valence-electron chi connectivity index (χ1n) is 7.52. The molecular weight excluding hydrogens is 324 g/mol. The number of nitro groups is 1. The van der Waals surface area contributed by atoms with Crippen molar-refractivity contribution in [1.29, 1.82) is 0 Å². The third-order valence-electron chi connectivity index (χ3n) is 3.35. The Kier molecular flexibility index (Phi) is 6.11. The monoisotopic (exact) mass is 340 g/mol. The van der Waals surface area contributed by atoms with Crippen molar-refractivity contribution in [3.8, 4) is 0 Å². The van der Waals surface area contributed by atoms with E-state index in [1.54, 1.807) is 24.4 Å². The number of ether oxygens (including phenoxy) is 1. The summed E-state index contributed by atoms with van der Waals surface area (Å²) in [6, 6.07) is 11.2. The highest BCUT2D eigenvalue weighted by atomic mass is 16.6. The van der Waals surface area contributed by atoms with E-state index in [9.17, 15) is 19.7 Å². The molecule has 0 spiro atoms. The van der Waals surface area contributed by atoms with Crippen LogP contribution >= 0.6 is 0 Å². The third kappa shape index (κ3) is 5.07. The number of esters is 1. The van der Waals surface area contributed by atoms with E-state index in [2.05, 4.69) is 4.98 Å². The average molecular weight is 340 g/mol. The molecule has 1 aromatic carbocycles. The smallest absolute Gasteiger partial charge is 0.341 e. The maximum atomic E-state index is 12.2. The van der Waals surface area contributed by atoms with Gasteiger partial charge in [0.25, 0.3) is 5.69 Å². The van der Waals surface area contributed by atoms with Crippen molar-refractivity contribution in [2.75, 3.05) is 6.61 Å². The van der Waals surface area contributed by atoms with Gasteiger partial charge in [0.15, 0.2) is 5.78 Å². The van der Waals surface area contributed by atoms with Crippen LogP contribution < -0.4 is 0 Å². The Balaban J connectivity index is 2.13. The lowest BCUT2D eigenvalue weighted by molar-refractivity contribution is -0.385. The number of carbonyl (C=O) groups excluding carboxylic acids is 2. The molecule has 2 aromatic rings. The molecule has 0 aliphatic heterocycles. The Morgan fingerprint density at radius 1 is 1.20 bits per heavy atom. The van der Waals surface area contributed by atoms with E-state index in [0.717, 1.165) is 5.69 Å². The fourth-order valence-electron chi connectivity index (χ4n) is 2.11. The number of benzene rings is 1. The van der Waals surface area contributed by atoms with Gasteiger partial charge < -0.3 is 4.74 Å². The Bertz CT molecular complexity index is 815. The second-order valence-electron chi connectivity index (χ2n) is 5.14. The molecule has 0 aliphatic carbocycles. The summed E-state index contributed by atoms with van der Waals surface area (Å²) in [4.78, 5) is 38.5. The highest BCUT2D eigenvalue weighted by Gasteiger charge is 2.19. The van der Waals surface area contributed by atoms with Crippen LogP contribution in [0.3, 0.4) is 0 Å². The van der Waals surface area contributed by atoms with E-state index in [1.807, 2.05) is 6.07 Å². The summed E-state index contributed by atoms with van der Waals surface area (Å²) < 4.78 is 5.10. The zero-order chi connectivity index (χ0) is 18.2. The number of hydrogen-bond donors (Lipinski definition) is 0. The average Bonchev–Trinajstić information content (AvgIpc) is 2.60. The molecule has 7 nitrogen and oxygen atoms in total. The van der Waals surface area contributed by atoms with Crippen molar-refractivity contribution in [2.45, 2.75) is 13.3 Å². The summed E-state index contributed by atoms with van der Waals surface area (Å²) in [6.07, 6.45) is 3.22. The number of nitrogens with zero attached hydrogens (tertiary/aromatic N) is 2. The molecule has 0 saturated carbocycles. The van der Waals surface area contributed by atoms with Crippen LogP contribution in [0.25, 0.3) is 6.08 Å². The maximum absolute atomic E-state index is 12.2. The molecule has 128 valence electrons. The van der Waals surface area contributed by atoms with Gasteiger partial charge in [0.05, 0.1) is 17.1 Å². The number of hydrogen-bond acceptors (Lipinski definition) is 6. The zero-order valence-electron chi connectivity index (χ0n) is 13.5. The van der Waals surface area contributed by atoms with Gasteiger partial charge in [0.2, 0.25) is 0 Å². The van der Waals surface area contributed by atoms with Gasteiger partial charge in [-0.3, -0.25) is 19.9 Å². The maximum Gasteiger partial charge on any atom is 0.341 e. The van der Waals surface area contributed by atoms with Gasteiger partial charge in [0, 0.05) is 24.4 Å². The fourth-order valence-corrected chi connectivity index (χ4v) is 2.11. The summed E-state index contributed by atoms with van der Waals surface area (Å²) in [5.41, 5.74) is 0.486. The number of rotatable bonds is 7. The molecule has 0 unspecified atom stereocenters. The van der Waals surface area contributed by atoms with Crippen LogP contribution in [0.15, 0.2) is 54.2 Å². The summed E-state index contributed by atoms with van der Waals surface area (Å²) in [5, 5.41) is 11.0. The molecule has 0 aliphatic rings. The van der Waals surface area contributed by atoms with Crippen LogP contribution in [0, 0.1) is 10.1 Å². The predicted molar refractivity (Wildman–Crippen MR) is 90.7 cm³/mol. The predicted octanol–water partition coefficient (Wildman–Crippen LogP) is 2.75. The second kappa shape index (κ2) is 8.49. The quantitative estimate of drug-likeness (QED) is 0.192. The van der Waals surface area contributed by atoms with Crippen LogP contribution in [-0.2, 0) is 20.7 Å². The van der Waals surface area contributed by atoms with E-state index >= 15 is 0 Å². The summed E-state index contributed by atoms with van der Waals surface area (Å²) in [7, 11) is 0. The van der Waals surface area contributed by atoms with Gasteiger partial charge in [-0.15, -0.1) is 0 Å². The van der Waals surface area contributed by atoms with Gasteiger partial charge in [-0.2, -0.15) is 0 Å². The van der Waals surface area contributed by atoms with Gasteiger partial charge in [0.1, 0.15) is 5.57 Å². The molecule has 1 heterocycles. The van der Waals surface area contributed by atoms with E-state index in [4.69, 9.17) is 4.74 Å². The van der Waals surface area contributed by atoms with Crippen molar-refractivity contribution in [3.05, 3.63) is 75.6 Å². The minimum atomic E-state index is -0.818. The van der Waals surface area contributed by atoms with E-state index in [0.29, 0.717) is 6.42 Å². The van der Waals surface area contributed by atoms with Crippen LogP contribution in [0.4, 0.5) is 5.69 Å². The van der Waals surface area contributed by atoms with E-state index < -0.39 is 16.7 Å². The molecule has 0 atom stereocenters. The first-order valence-corrected chi connectivity index (χ1v) is 7.52. The van der Waals surface area contributed by atoms with Gasteiger partial charge in [-0.1, -0.05) is 18.2 Å². The van der Waals surface area contributed by atoms with Crippen LogP contribution in [0.5, 0.6) is 0 Å². The summed E-state index contributed by atoms with van der Waals surface area (Å²) in [6.45, 7) is 1.26. The van der Waals surface area contributed by atoms with Crippen molar-refractivity contribution in [2.24, 2.45) is 0 Å². The van der Waals surface area contributed by atoms with Crippen LogP contribution in [0.2, 0.25) is 0 Å². The molecule has 0 bridgehead atoms. The largest absolute Gasteiger partial charge is 0.462 e. The number of Topliss-reactive ketones (excluding diaryl/α,β-unsaturated/α-hetero) is 1. The number of carbonyl (C=O) groups is 2. The fraction of sp³-hybridized carbons (Fsp3) is 0.167. The lowest BCUT2D eigenvalue weighted by Crippen LogP contribution is -2.15. The van der Waals surface area contributed by atoms with E-state index in [-0.39, 0.29) is 23.4 Å². The molecule has 7 heteroatoms. The number of nitro benzene ring substituents is 1. The SMILES string of the molecule is CC(=O)C(=Cc1ccccc1[N+](=O)[O-])C(=O)OCCc1ccccn1. The molecule has 0 saturated heterocycles. The van der Waals surface area contributed by atoms with Gasteiger partial charge in [-0.05, 0) is 31.2 Å². The van der Waals surface area contributed by atoms with Crippen molar-refractivity contribution in [3.63, 3.8) is 0 Å². The molecular formula is C18H16N2O5. The highest BCUT2D eigenvalue weighted by molar-refractivity contribution is 6.20. The molecule has 25 heavy (non-hydrogen) atoms. The highest BCUT2D eigenvalue weighted by Crippen LogP contribution is 2.21. The Morgan fingerprint density at radius 2 is 1.92 bits per heavy atom. The van der Waals surface area contributed by atoms with Gasteiger partial charge >= 0.3 is 5.97 Å².